The van der Waals surface area contributed by atoms with Gasteiger partial charge in [0.05, 0.1) is 28.5 Å². The largest absolute Gasteiger partial charge is 0.494 e. The molecule has 0 atom stereocenters. The van der Waals surface area contributed by atoms with E-state index in [-0.39, 0.29) is 24.4 Å². The number of benzene rings is 2. The summed E-state index contributed by atoms with van der Waals surface area (Å²) >= 11 is 0. The first-order valence-corrected chi connectivity index (χ1v) is 17.3. The van der Waals surface area contributed by atoms with E-state index in [4.69, 9.17) is 19.0 Å². The molecule has 2 amide bonds. The van der Waals surface area contributed by atoms with Crippen molar-refractivity contribution in [3.8, 4) is 0 Å². The summed E-state index contributed by atoms with van der Waals surface area (Å²) in [6.07, 6.45) is 4.36. The van der Waals surface area contributed by atoms with Gasteiger partial charge in [-0.3, -0.25) is 9.59 Å². The molecule has 49 heavy (non-hydrogen) atoms. The van der Waals surface area contributed by atoms with Crippen molar-refractivity contribution in [2.45, 2.75) is 97.7 Å². The number of pyridine rings is 1. The zero-order chi connectivity index (χ0) is 34.8. The lowest BCUT2D eigenvalue weighted by Gasteiger charge is -2.32. The lowest BCUT2D eigenvalue weighted by atomic mass is 9.78. The molecule has 2 aromatic carbocycles. The number of aryl methyl sites for hydroxylation is 2. The monoisotopic (exact) mass is 666 g/mol. The maximum Gasteiger partial charge on any atom is 0.494 e. The Balaban J connectivity index is 1.14. The number of hydrogen-bond acceptors (Lipinski definition) is 8. The third-order valence-electron chi connectivity index (χ3n) is 9.92. The van der Waals surface area contributed by atoms with Gasteiger partial charge >= 0.3 is 7.12 Å². The first kappa shape index (κ1) is 34.6. The quantitative estimate of drug-likeness (QED) is 0.196. The number of amides is 2. The second-order valence-corrected chi connectivity index (χ2v) is 13.8. The maximum absolute atomic E-state index is 13.5. The third-order valence-corrected chi connectivity index (χ3v) is 9.92. The molecule has 12 heteroatoms. The summed E-state index contributed by atoms with van der Waals surface area (Å²) in [4.78, 5) is 31.7. The number of carbonyl (C=O) groups excluding carboxylic acids is 2. The van der Waals surface area contributed by atoms with Crippen molar-refractivity contribution in [2.24, 2.45) is 0 Å². The Labute approximate surface area is 288 Å². The van der Waals surface area contributed by atoms with E-state index in [1.807, 2.05) is 69.8 Å². The van der Waals surface area contributed by atoms with Crippen molar-refractivity contribution in [2.75, 3.05) is 18.5 Å². The molecule has 3 N–H and O–H groups in total. The molecule has 2 aliphatic rings. The summed E-state index contributed by atoms with van der Waals surface area (Å²) in [6.45, 7) is 14.9. The number of hydrogen-bond donors (Lipinski definition) is 3. The molecule has 0 radical (unpaired) electrons. The van der Waals surface area contributed by atoms with Gasteiger partial charge in [0.2, 0.25) is 0 Å². The van der Waals surface area contributed by atoms with E-state index in [9.17, 15) is 9.59 Å². The van der Waals surface area contributed by atoms with Crippen LogP contribution in [0.3, 0.4) is 0 Å². The summed E-state index contributed by atoms with van der Waals surface area (Å²) in [5, 5.41) is 15.4. The van der Waals surface area contributed by atoms with Gasteiger partial charge in [0.1, 0.15) is 0 Å². The molecule has 4 aromatic rings. The molecule has 0 saturated carbocycles. The van der Waals surface area contributed by atoms with Gasteiger partial charge in [-0.15, -0.1) is 0 Å². The van der Waals surface area contributed by atoms with Crippen LogP contribution in [0.4, 0.5) is 5.69 Å². The van der Waals surface area contributed by atoms with E-state index in [1.54, 1.807) is 24.3 Å². The molecular formula is C37H47BN6O5. The van der Waals surface area contributed by atoms with Crippen LogP contribution in [-0.4, -0.2) is 64.2 Å². The van der Waals surface area contributed by atoms with Crippen LogP contribution in [0.5, 0.6) is 0 Å². The SMILES string of the molecule is CCc1nc2c(cnn2CC)c(NC2CCOCC2)c1CNC(=O)c1cccc(C(=O)NCc2cccc(B3OC(C)(C)C(C)(C)O3)c2)c1. The predicted octanol–water partition coefficient (Wildman–Crippen LogP) is 4.76. The Morgan fingerprint density at radius 3 is 2.22 bits per heavy atom. The number of fused-ring (bicyclic) bond motifs is 1. The zero-order valence-corrected chi connectivity index (χ0v) is 29.4. The molecule has 6 rings (SSSR count). The molecule has 2 aromatic heterocycles. The van der Waals surface area contributed by atoms with Crippen LogP contribution < -0.4 is 21.4 Å². The number of rotatable bonds is 11. The van der Waals surface area contributed by atoms with Gasteiger partial charge in [-0.2, -0.15) is 5.10 Å². The highest BCUT2D eigenvalue weighted by molar-refractivity contribution is 6.62. The van der Waals surface area contributed by atoms with Gasteiger partial charge in [0.25, 0.3) is 11.8 Å². The lowest BCUT2D eigenvalue weighted by molar-refractivity contribution is 0.00578. The fourth-order valence-corrected chi connectivity index (χ4v) is 6.29. The van der Waals surface area contributed by atoms with Gasteiger partial charge in [0, 0.05) is 61.3 Å². The van der Waals surface area contributed by atoms with Crippen molar-refractivity contribution in [1.82, 2.24) is 25.4 Å². The molecule has 0 spiro atoms. The lowest BCUT2D eigenvalue weighted by Crippen LogP contribution is -2.41. The van der Waals surface area contributed by atoms with Gasteiger partial charge in [0.15, 0.2) is 5.65 Å². The molecule has 0 aliphatic carbocycles. The number of ether oxygens (including phenoxy) is 1. The van der Waals surface area contributed by atoms with Crippen molar-refractivity contribution in [3.63, 3.8) is 0 Å². The molecule has 4 heterocycles. The Morgan fingerprint density at radius 1 is 0.918 bits per heavy atom. The van der Waals surface area contributed by atoms with E-state index >= 15 is 0 Å². The molecule has 0 bridgehead atoms. The van der Waals surface area contributed by atoms with Gasteiger partial charge in [-0.05, 0) is 83.1 Å². The van der Waals surface area contributed by atoms with E-state index in [0.717, 1.165) is 51.8 Å². The first-order valence-electron chi connectivity index (χ1n) is 17.3. The normalized spacial score (nSPS) is 17.3. The Kier molecular flexibility index (Phi) is 10.1. The van der Waals surface area contributed by atoms with Crippen LogP contribution in [0.1, 0.15) is 91.9 Å². The van der Waals surface area contributed by atoms with Crippen molar-refractivity contribution >= 4 is 41.1 Å². The Bertz CT molecular complexity index is 1820. The Hall–Kier alpha value is -4.26. The van der Waals surface area contributed by atoms with E-state index in [1.165, 1.54) is 0 Å². The smallest absolute Gasteiger partial charge is 0.399 e. The molecular weight excluding hydrogens is 619 g/mol. The summed E-state index contributed by atoms with van der Waals surface area (Å²) in [7, 11) is -0.482. The van der Waals surface area contributed by atoms with Crippen molar-refractivity contribution in [3.05, 3.63) is 82.7 Å². The van der Waals surface area contributed by atoms with Crippen LogP contribution in [0.2, 0.25) is 0 Å². The van der Waals surface area contributed by atoms with Crippen LogP contribution in [0.15, 0.2) is 54.7 Å². The van der Waals surface area contributed by atoms with Crippen LogP contribution in [0, 0.1) is 0 Å². The zero-order valence-electron chi connectivity index (χ0n) is 29.4. The minimum Gasteiger partial charge on any atom is -0.399 e. The third kappa shape index (κ3) is 7.36. The topological polar surface area (TPSA) is 129 Å². The number of aromatic nitrogens is 3. The average molecular weight is 667 g/mol. The molecule has 11 nitrogen and oxygen atoms in total. The van der Waals surface area contributed by atoms with E-state index in [2.05, 4.69) is 28.0 Å². The highest BCUT2D eigenvalue weighted by Crippen LogP contribution is 2.36. The first-order chi connectivity index (χ1) is 23.5. The van der Waals surface area contributed by atoms with Crippen LogP contribution >= 0.6 is 0 Å². The fourth-order valence-electron chi connectivity index (χ4n) is 6.29. The predicted molar refractivity (Wildman–Crippen MR) is 191 cm³/mol. The van der Waals surface area contributed by atoms with E-state index < -0.39 is 18.3 Å². The van der Waals surface area contributed by atoms with Gasteiger partial charge in [-0.25, -0.2) is 9.67 Å². The van der Waals surface area contributed by atoms with E-state index in [0.29, 0.717) is 43.9 Å². The molecule has 258 valence electrons. The number of anilines is 1. The standard InChI is InChI=1S/C37H47BN6O5/c1-7-31-29(32(42-28-15-17-47-18-16-28)30-23-41-44(8-2)33(30)43-31)22-40-35(46)26-13-10-12-25(20-26)34(45)39-21-24-11-9-14-27(19-24)38-48-36(3,4)37(5,6)49-38/h9-14,19-20,23,28H,7-8,15-18,21-22H2,1-6H3,(H,39,45)(H,40,46)(H,42,43). The number of nitrogens with zero attached hydrogens (tertiary/aromatic N) is 3. The fraction of sp³-hybridized carbons (Fsp3) is 0.459. The second kappa shape index (κ2) is 14.3. The number of carbonyl (C=O) groups is 2. The van der Waals surface area contributed by atoms with Crippen LogP contribution in [-0.2, 0) is 40.1 Å². The van der Waals surface area contributed by atoms with Crippen LogP contribution in [0.25, 0.3) is 11.0 Å². The highest BCUT2D eigenvalue weighted by atomic mass is 16.7. The average Bonchev–Trinajstić information content (AvgIpc) is 3.62. The van der Waals surface area contributed by atoms with Crippen molar-refractivity contribution < 1.29 is 23.6 Å². The maximum atomic E-state index is 13.5. The summed E-state index contributed by atoms with van der Waals surface area (Å²) < 4.78 is 19.9. The molecule has 0 unspecified atom stereocenters. The molecule has 2 fully saturated rings. The van der Waals surface area contributed by atoms with Gasteiger partial charge in [-0.1, -0.05) is 37.3 Å². The second-order valence-electron chi connectivity index (χ2n) is 13.8. The Morgan fingerprint density at radius 2 is 1.57 bits per heavy atom. The minimum absolute atomic E-state index is 0.254. The minimum atomic E-state index is -0.482. The number of nitrogens with one attached hydrogen (secondary N) is 3. The summed E-state index contributed by atoms with van der Waals surface area (Å²) in [5.74, 6) is -0.539. The van der Waals surface area contributed by atoms with Gasteiger partial charge < -0.3 is 30.0 Å². The highest BCUT2D eigenvalue weighted by Gasteiger charge is 2.51. The van der Waals surface area contributed by atoms with Crippen molar-refractivity contribution in [1.29, 1.82) is 0 Å². The molecule has 2 aliphatic heterocycles. The summed E-state index contributed by atoms with van der Waals surface area (Å²) in [6, 6.07) is 14.9. The summed E-state index contributed by atoms with van der Waals surface area (Å²) in [5.41, 5.74) is 5.40. The molecule has 2 saturated heterocycles.